The molecule has 0 unspecified atom stereocenters. The summed E-state index contributed by atoms with van der Waals surface area (Å²) in [6.07, 6.45) is 0. The molecule has 0 aliphatic rings. The second kappa shape index (κ2) is 11.2. The molecule has 6 aromatic rings. The summed E-state index contributed by atoms with van der Waals surface area (Å²) in [5.41, 5.74) is 2.78. The molecule has 196 valence electrons. The van der Waals surface area contributed by atoms with Gasteiger partial charge in [0.2, 0.25) is 0 Å². The Hall–Kier alpha value is -3.47. The molecule has 0 fully saturated rings. The Balaban J connectivity index is 1.93. The van der Waals surface area contributed by atoms with Crippen molar-refractivity contribution >= 4 is 65.0 Å². The zero-order valence-electron chi connectivity index (χ0n) is 22.2. The Kier molecular flexibility index (Phi) is 7.48. The average molecular weight is 618 g/mol. The van der Waals surface area contributed by atoms with Gasteiger partial charge < -0.3 is 0 Å². The molecule has 6 rings (SSSR count). The summed E-state index contributed by atoms with van der Waals surface area (Å²) in [5, 5.41) is 4.47. The number of hydrogen-bond donors (Lipinski definition) is 0. The molecule has 0 heterocycles. The van der Waals surface area contributed by atoms with Crippen LogP contribution >= 0.6 is 27.7 Å². The first-order chi connectivity index (χ1) is 19.7. The standard InChI is InChI=1S/C37H31BrP2/c38-40(35-25-13-4-14-26-35,36-27-15-5-16-28-36,37-29-17-6-18-30-37)31-39(32-19-7-1-8-20-32,33-21-9-2-10-22-33)34-23-11-3-12-24-34/h1-31H. The van der Waals surface area contributed by atoms with E-state index in [9.17, 15) is 0 Å². The van der Waals surface area contributed by atoms with Crippen molar-refractivity contribution in [3.63, 3.8) is 0 Å². The van der Waals surface area contributed by atoms with E-state index < -0.39 is 12.2 Å². The molecular formula is C37H31BrP2. The number of halogens is 1. The van der Waals surface area contributed by atoms with E-state index in [2.05, 4.69) is 188 Å². The number of benzene rings is 6. The van der Waals surface area contributed by atoms with Gasteiger partial charge in [0.15, 0.2) is 0 Å². The summed E-state index contributed by atoms with van der Waals surface area (Å²) in [5.74, 6) is 0. The fourth-order valence-corrected chi connectivity index (χ4v) is 22.2. The molecule has 0 spiro atoms. The molecule has 0 saturated heterocycles. The van der Waals surface area contributed by atoms with E-state index in [1.54, 1.807) is 0 Å². The van der Waals surface area contributed by atoms with Gasteiger partial charge in [0.05, 0.1) is 0 Å². The zero-order chi connectivity index (χ0) is 27.3. The third-order valence-corrected chi connectivity index (χ3v) is 23.4. The van der Waals surface area contributed by atoms with Gasteiger partial charge in [0.25, 0.3) is 0 Å². The minimum atomic E-state index is -3.41. The maximum absolute atomic E-state index is 4.75. The maximum atomic E-state index is 4.75. The Bertz CT molecular complexity index is 1530. The van der Waals surface area contributed by atoms with Crippen LogP contribution in [0.5, 0.6) is 0 Å². The van der Waals surface area contributed by atoms with Crippen LogP contribution in [-0.4, -0.2) is 5.54 Å². The van der Waals surface area contributed by atoms with Crippen molar-refractivity contribution in [3.8, 4) is 0 Å². The van der Waals surface area contributed by atoms with E-state index in [1.165, 1.54) is 31.8 Å². The van der Waals surface area contributed by atoms with Crippen LogP contribution in [0.3, 0.4) is 0 Å². The minimum absolute atomic E-state index is 1.29. The molecule has 0 amide bonds. The molecule has 0 aliphatic carbocycles. The van der Waals surface area contributed by atoms with Gasteiger partial charge in [0.1, 0.15) is 0 Å². The van der Waals surface area contributed by atoms with Crippen LogP contribution in [0, 0.1) is 0 Å². The van der Waals surface area contributed by atoms with Gasteiger partial charge in [0, 0.05) is 0 Å². The van der Waals surface area contributed by atoms with E-state index in [1.807, 2.05) is 0 Å². The SMILES string of the molecule is BrP(C=P(c1ccccc1)(c1ccccc1)c1ccccc1)(c1ccccc1)(c1ccccc1)c1ccccc1. The van der Waals surface area contributed by atoms with Crippen LogP contribution in [0.15, 0.2) is 182 Å². The first-order valence-corrected chi connectivity index (χ1v) is 19.7. The van der Waals surface area contributed by atoms with Crippen molar-refractivity contribution < 1.29 is 0 Å². The van der Waals surface area contributed by atoms with Crippen LogP contribution in [0.4, 0.5) is 0 Å². The molecule has 6 aromatic carbocycles. The Morgan fingerprint density at radius 2 is 0.575 bits per heavy atom. The molecule has 3 heteroatoms. The number of hydrogen-bond acceptors (Lipinski definition) is 0. The van der Waals surface area contributed by atoms with Crippen molar-refractivity contribution in [2.45, 2.75) is 0 Å². The Morgan fingerprint density at radius 1 is 0.350 bits per heavy atom. The average Bonchev–Trinajstić information content (AvgIpc) is 3.06. The molecule has 0 saturated carbocycles. The van der Waals surface area contributed by atoms with Crippen molar-refractivity contribution in [2.24, 2.45) is 0 Å². The van der Waals surface area contributed by atoms with Gasteiger partial charge in [-0.25, -0.2) is 0 Å². The predicted octanol–water partition coefficient (Wildman–Crippen LogP) is 7.58. The summed E-state index contributed by atoms with van der Waals surface area (Å²) in [4.78, 5) is 0. The van der Waals surface area contributed by atoms with Gasteiger partial charge in [-0.2, -0.15) is 0 Å². The molecule has 0 aromatic heterocycles. The zero-order valence-corrected chi connectivity index (χ0v) is 25.5. The van der Waals surface area contributed by atoms with Gasteiger partial charge in [-0.05, 0) is 0 Å². The third-order valence-electron chi connectivity index (χ3n) is 7.66. The normalized spacial score (nSPS) is 12.7. The van der Waals surface area contributed by atoms with E-state index in [0.717, 1.165) is 0 Å². The van der Waals surface area contributed by atoms with Crippen LogP contribution in [0.1, 0.15) is 0 Å². The molecule has 0 atom stereocenters. The Labute approximate surface area is 246 Å². The van der Waals surface area contributed by atoms with Crippen molar-refractivity contribution in [2.75, 3.05) is 0 Å². The van der Waals surface area contributed by atoms with Crippen LogP contribution in [-0.2, 0) is 0 Å². The fourth-order valence-electron chi connectivity index (χ4n) is 5.77. The molecular weight excluding hydrogens is 586 g/mol. The van der Waals surface area contributed by atoms with E-state index >= 15 is 0 Å². The second-order valence-electron chi connectivity index (χ2n) is 9.93. The van der Waals surface area contributed by atoms with E-state index in [0.29, 0.717) is 0 Å². The van der Waals surface area contributed by atoms with E-state index in [4.69, 9.17) is 15.5 Å². The quantitative estimate of drug-likeness (QED) is 0.162. The van der Waals surface area contributed by atoms with Crippen LogP contribution in [0.2, 0.25) is 0 Å². The molecule has 0 aliphatic heterocycles. The summed E-state index contributed by atoms with van der Waals surface area (Å²) in [6, 6.07) is 66.6. The van der Waals surface area contributed by atoms with E-state index in [-0.39, 0.29) is 0 Å². The van der Waals surface area contributed by atoms with Crippen molar-refractivity contribution in [1.82, 2.24) is 0 Å². The first kappa shape index (κ1) is 26.7. The second-order valence-corrected chi connectivity index (χ2v) is 22.0. The molecule has 0 N–H and O–H groups in total. The molecule has 0 bridgehead atoms. The predicted molar refractivity (Wildman–Crippen MR) is 185 cm³/mol. The first-order valence-electron chi connectivity index (χ1n) is 13.5. The van der Waals surface area contributed by atoms with Gasteiger partial charge in [-0.1, -0.05) is 0 Å². The van der Waals surface area contributed by atoms with Gasteiger partial charge in [-0.15, -0.1) is 0 Å². The monoisotopic (exact) mass is 616 g/mol. The molecule has 40 heavy (non-hydrogen) atoms. The van der Waals surface area contributed by atoms with Gasteiger partial charge >= 0.3 is 247 Å². The Morgan fingerprint density at radius 3 is 0.825 bits per heavy atom. The van der Waals surface area contributed by atoms with Gasteiger partial charge in [-0.3, -0.25) is 0 Å². The van der Waals surface area contributed by atoms with Crippen LogP contribution in [0.25, 0.3) is 0 Å². The summed E-state index contributed by atoms with van der Waals surface area (Å²) < 4.78 is 0. The summed E-state index contributed by atoms with van der Waals surface area (Å²) in [7, 11) is 0. The van der Waals surface area contributed by atoms with Crippen LogP contribution < -0.4 is 31.8 Å². The summed E-state index contributed by atoms with van der Waals surface area (Å²) >= 11 is 4.75. The van der Waals surface area contributed by atoms with Crippen molar-refractivity contribution in [1.29, 1.82) is 0 Å². The molecule has 0 nitrogen and oxygen atoms in total. The molecule has 0 radical (unpaired) electrons. The topological polar surface area (TPSA) is 0 Å². The number of rotatable bonds is 7. The third kappa shape index (κ3) is 4.44. The van der Waals surface area contributed by atoms with Crippen molar-refractivity contribution in [3.05, 3.63) is 182 Å². The summed E-state index contributed by atoms with van der Waals surface area (Å²) in [6.45, 7) is -2.35. The fraction of sp³-hybridized carbons (Fsp3) is 0.